The topological polar surface area (TPSA) is 20.2 Å². The van der Waals surface area contributed by atoms with Gasteiger partial charge in [0.05, 0.1) is 3.57 Å². The second-order valence-electron chi connectivity index (χ2n) is 3.45. The van der Waals surface area contributed by atoms with Crippen LogP contribution in [0.2, 0.25) is 0 Å². The summed E-state index contributed by atoms with van der Waals surface area (Å²) in [5.41, 5.74) is 2.50. The Bertz CT molecular complexity index is 293. The molecule has 1 fully saturated rings. The van der Waals surface area contributed by atoms with Crippen LogP contribution in [0.4, 0.5) is 0 Å². The Labute approximate surface area is 85.9 Å². The van der Waals surface area contributed by atoms with Gasteiger partial charge >= 0.3 is 0 Å². The first kappa shape index (κ1) is 8.35. The highest BCUT2D eigenvalue weighted by Crippen LogP contribution is 2.42. The van der Waals surface area contributed by atoms with Crippen molar-refractivity contribution in [2.75, 3.05) is 0 Å². The number of halogens is 1. The van der Waals surface area contributed by atoms with Crippen molar-refractivity contribution in [1.82, 2.24) is 0 Å². The quantitative estimate of drug-likeness (QED) is 0.780. The van der Waals surface area contributed by atoms with Crippen LogP contribution in [0, 0.1) is 10.5 Å². The molecule has 0 aromatic heterocycles. The van der Waals surface area contributed by atoms with Gasteiger partial charge in [0.15, 0.2) is 0 Å². The molecule has 0 spiro atoms. The zero-order chi connectivity index (χ0) is 8.72. The van der Waals surface area contributed by atoms with Gasteiger partial charge in [-0.1, -0.05) is 6.07 Å². The summed E-state index contributed by atoms with van der Waals surface area (Å²) in [5.74, 6) is 1.17. The van der Waals surface area contributed by atoms with Crippen LogP contribution < -0.4 is 0 Å². The highest BCUT2D eigenvalue weighted by molar-refractivity contribution is 14.1. The predicted octanol–water partition coefficient (Wildman–Crippen LogP) is 3.18. The lowest BCUT2D eigenvalue weighted by Crippen LogP contribution is -1.86. The van der Waals surface area contributed by atoms with Crippen LogP contribution in [0.1, 0.15) is 29.9 Å². The Hall–Kier alpha value is -0.250. The first-order chi connectivity index (χ1) is 5.68. The van der Waals surface area contributed by atoms with Crippen LogP contribution in [-0.4, -0.2) is 5.11 Å². The molecule has 2 rings (SSSR count). The molecule has 1 nitrogen and oxygen atoms in total. The average molecular weight is 274 g/mol. The van der Waals surface area contributed by atoms with Gasteiger partial charge in [-0.15, -0.1) is 0 Å². The van der Waals surface area contributed by atoms with Gasteiger partial charge in [0.1, 0.15) is 5.75 Å². The maximum absolute atomic E-state index is 9.55. The minimum Gasteiger partial charge on any atom is -0.507 e. The number of aromatic hydroxyl groups is 1. The van der Waals surface area contributed by atoms with Crippen LogP contribution in [0.3, 0.4) is 0 Å². The van der Waals surface area contributed by atoms with Crippen molar-refractivity contribution in [1.29, 1.82) is 0 Å². The van der Waals surface area contributed by atoms with E-state index < -0.39 is 0 Å². The molecule has 0 saturated heterocycles. The maximum atomic E-state index is 9.55. The second kappa shape index (κ2) is 2.91. The molecule has 0 amide bonds. The van der Waals surface area contributed by atoms with E-state index in [1.54, 1.807) is 0 Å². The minimum atomic E-state index is 0.442. The summed E-state index contributed by atoms with van der Waals surface area (Å²) >= 11 is 2.18. The molecule has 0 atom stereocenters. The van der Waals surface area contributed by atoms with Gasteiger partial charge in [0, 0.05) is 0 Å². The van der Waals surface area contributed by atoms with Gasteiger partial charge in [-0.2, -0.15) is 0 Å². The van der Waals surface area contributed by atoms with E-state index in [4.69, 9.17) is 0 Å². The molecule has 1 aliphatic carbocycles. The number of hydrogen-bond donors (Lipinski definition) is 1. The number of hydrogen-bond acceptors (Lipinski definition) is 1. The molecular weight excluding hydrogens is 263 g/mol. The van der Waals surface area contributed by atoms with Crippen molar-refractivity contribution in [3.8, 4) is 5.75 Å². The van der Waals surface area contributed by atoms with Gasteiger partial charge in [-0.05, 0) is 65.5 Å². The second-order valence-corrected chi connectivity index (χ2v) is 4.52. The molecule has 1 saturated carbocycles. The van der Waals surface area contributed by atoms with Crippen molar-refractivity contribution < 1.29 is 5.11 Å². The zero-order valence-corrected chi connectivity index (χ0v) is 9.13. The predicted molar refractivity (Wildman–Crippen MR) is 57.5 cm³/mol. The lowest BCUT2D eigenvalue weighted by atomic mass is 10.1. The summed E-state index contributed by atoms with van der Waals surface area (Å²) in [6.45, 7) is 2.05. The third-order valence-electron chi connectivity index (χ3n) is 2.31. The van der Waals surface area contributed by atoms with Crippen molar-refractivity contribution >= 4 is 22.6 Å². The van der Waals surface area contributed by atoms with Gasteiger partial charge in [0.25, 0.3) is 0 Å². The first-order valence-corrected chi connectivity index (χ1v) is 5.25. The third kappa shape index (κ3) is 1.44. The third-order valence-corrected chi connectivity index (χ3v) is 3.71. The van der Waals surface area contributed by atoms with Crippen molar-refractivity contribution in [3.63, 3.8) is 0 Å². The minimum absolute atomic E-state index is 0.442. The van der Waals surface area contributed by atoms with E-state index in [-0.39, 0.29) is 0 Å². The Balaban J connectivity index is 2.45. The number of phenolic OH excluding ortho intramolecular Hbond substituents is 1. The molecule has 1 aliphatic rings. The van der Waals surface area contributed by atoms with Crippen molar-refractivity contribution in [2.45, 2.75) is 25.7 Å². The fourth-order valence-electron chi connectivity index (χ4n) is 1.43. The molecule has 64 valence electrons. The van der Waals surface area contributed by atoms with Crippen molar-refractivity contribution in [3.05, 3.63) is 26.8 Å². The Morgan fingerprint density at radius 2 is 2.08 bits per heavy atom. The van der Waals surface area contributed by atoms with Crippen LogP contribution >= 0.6 is 22.6 Å². The Morgan fingerprint density at radius 3 is 2.58 bits per heavy atom. The molecule has 12 heavy (non-hydrogen) atoms. The molecule has 1 aromatic rings. The monoisotopic (exact) mass is 274 g/mol. The molecule has 1 aromatic carbocycles. The van der Waals surface area contributed by atoms with E-state index >= 15 is 0 Å². The fourth-order valence-corrected chi connectivity index (χ4v) is 1.74. The molecule has 0 radical (unpaired) electrons. The van der Waals surface area contributed by atoms with Crippen LogP contribution in [0.15, 0.2) is 12.1 Å². The van der Waals surface area contributed by atoms with E-state index in [9.17, 15) is 5.11 Å². The maximum Gasteiger partial charge on any atom is 0.129 e. The van der Waals surface area contributed by atoms with E-state index in [0.717, 1.165) is 9.49 Å². The Morgan fingerprint density at radius 1 is 1.42 bits per heavy atom. The Kier molecular flexibility index (Phi) is 2.02. The molecule has 0 aliphatic heterocycles. The highest BCUT2D eigenvalue weighted by Gasteiger charge is 2.24. The largest absolute Gasteiger partial charge is 0.507 e. The molecular formula is C10H11IO. The summed E-state index contributed by atoms with van der Waals surface area (Å²) in [4.78, 5) is 0. The van der Waals surface area contributed by atoms with E-state index in [1.165, 1.54) is 24.0 Å². The first-order valence-electron chi connectivity index (χ1n) is 4.17. The van der Waals surface area contributed by atoms with Crippen LogP contribution in [-0.2, 0) is 0 Å². The smallest absolute Gasteiger partial charge is 0.129 e. The average Bonchev–Trinajstić information content (AvgIpc) is 2.81. The number of aryl methyl sites for hydroxylation is 1. The summed E-state index contributed by atoms with van der Waals surface area (Å²) < 4.78 is 0.983. The van der Waals surface area contributed by atoms with Crippen LogP contribution in [0.25, 0.3) is 0 Å². The van der Waals surface area contributed by atoms with Crippen molar-refractivity contribution in [2.24, 2.45) is 0 Å². The molecule has 0 unspecified atom stereocenters. The number of benzene rings is 1. The van der Waals surface area contributed by atoms with E-state index in [0.29, 0.717) is 5.75 Å². The van der Waals surface area contributed by atoms with E-state index in [2.05, 4.69) is 28.7 Å². The van der Waals surface area contributed by atoms with Gasteiger partial charge in [-0.25, -0.2) is 0 Å². The molecule has 0 heterocycles. The summed E-state index contributed by atoms with van der Waals surface area (Å²) in [7, 11) is 0. The molecule has 2 heteroatoms. The lowest BCUT2D eigenvalue weighted by Gasteiger charge is -2.05. The molecule has 1 N–H and O–H groups in total. The van der Waals surface area contributed by atoms with E-state index in [1.807, 2.05) is 13.0 Å². The van der Waals surface area contributed by atoms with Gasteiger partial charge in [-0.3, -0.25) is 0 Å². The summed E-state index contributed by atoms with van der Waals surface area (Å²) in [6, 6.07) is 4.10. The van der Waals surface area contributed by atoms with Crippen LogP contribution in [0.5, 0.6) is 5.75 Å². The zero-order valence-electron chi connectivity index (χ0n) is 6.97. The van der Waals surface area contributed by atoms with Gasteiger partial charge in [0.2, 0.25) is 0 Å². The normalized spacial score (nSPS) is 16.5. The lowest BCUT2D eigenvalue weighted by molar-refractivity contribution is 0.470. The SMILES string of the molecule is Cc1cc(C2CC2)cc(O)c1I. The number of rotatable bonds is 1. The summed E-state index contributed by atoms with van der Waals surface area (Å²) in [5, 5.41) is 9.55. The standard InChI is InChI=1S/C10H11IO/c1-6-4-8(7-2-3-7)5-9(12)10(6)11/h4-5,7,12H,2-3H2,1H3. The highest BCUT2D eigenvalue weighted by atomic mass is 127. The molecule has 0 bridgehead atoms. The summed E-state index contributed by atoms with van der Waals surface area (Å²) in [6.07, 6.45) is 2.58. The number of phenols is 1. The fraction of sp³-hybridized carbons (Fsp3) is 0.400. The van der Waals surface area contributed by atoms with Gasteiger partial charge < -0.3 is 5.11 Å².